The van der Waals surface area contributed by atoms with Gasteiger partial charge in [-0.15, -0.1) is 0 Å². The zero-order valence-electron chi connectivity index (χ0n) is 14.8. The van der Waals surface area contributed by atoms with E-state index in [-0.39, 0.29) is 5.56 Å². The van der Waals surface area contributed by atoms with E-state index in [1.165, 1.54) is 11.1 Å². The molecule has 0 saturated carbocycles. The number of aryl methyl sites for hydroxylation is 2. The molecule has 0 amide bonds. The molecule has 3 heteroatoms. The molecule has 0 saturated heterocycles. The third-order valence-electron chi connectivity index (χ3n) is 4.18. The summed E-state index contributed by atoms with van der Waals surface area (Å²) in [6, 6.07) is 16.4. The first-order chi connectivity index (χ1) is 11.5. The summed E-state index contributed by atoms with van der Waals surface area (Å²) in [6.45, 7) is 9.04. The van der Waals surface area contributed by atoms with E-state index in [0.29, 0.717) is 12.5 Å². The van der Waals surface area contributed by atoms with Crippen molar-refractivity contribution in [2.75, 3.05) is 0 Å². The highest BCUT2D eigenvalue weighted by Crippen LogP contribution is 2.28. The van der Waals surface area contributed by atoms with E-state index in [4.69, 9.17) is 0 Å². The van der Waals surface area contributed by atoms with Crippen molar-refractivity contribution < 1.29 is 0 Å². The second-order valence-corrected chi connectivity index (χ2v) is 6.90. The van der Waals surface area contributed by atoms with Crippen LogP contribution in [0.15, 0.2) is 53.3 Å². The molecule has 2 aromatic carbocycles. The number of hydrogen-bond acceptors (Lipinski definition) is 1. The quantitative estimate of drug-likeness (QED) is 0.738. The third kappa shape index (κ3) is 3.21. The van der Waals surface area contributed by atoms with E-state index in [1.54, 1.807) is 4.68 Å². The van der Waals surface area contributed by atoms with Gasteiger partial charge in [-0.05, 0) is 25.3 Å². The van der Waals surface area contributed by atoms with Crippen molar-refractivity contribution in [1.29, 1.82) is 0 Å². The van der Waals surface area contributed by atoms with E-state index >= 15 is 0 Å². The molecule has 0 spiro atoms. The van der Waals surface area contributed by atoms with Crippen molar-refractivity contribution in [3.8, 4) is 22.4 Å². The van der Waals surface area contributed by atoms with Crippen LogP contribution < -0.4 is 5.56 Å². The molecular weight excluding hydrogens is 296 g/mol. The van der Waals surface area contributed by atoms with Crippen LogP contribution in [-0.4, -0.2) is 9.78 Å². The number of rotatable bonds is 4. The highest BCUT2D eigenvalue weighted by Gasteiger charge is 2.18. The van der Waals surface area contributed by atoms with Crippen LogP contribution in [0.5, 0.6) is 0 Å². The smallest absolute Gasteiger partial charge is 0.275 e. The molecule has 24 heavy (non-hydrogen) atoms. The zero-order chi connectivity index (χ0) is 17.3. The molecule has 0 atom stereocenters. The van der Waals surface area contributed by atoms with Gasteiger partial charge in [-0.25, -0.2) is 0 Å². The lowest BCUT2D eigenvalue weighted by molar-refractivity contribution is 0.474. The molecule has 0 bridgehead atoms. The Morgan fingerprint density at radius 1 is 0.875 bits per heavy atom. The van der Waals surface area contributed by atoms with Crippen molar-refractivity contribution in [1.82, 2.24) is 9.78 Å². The molecule has 3 rings (SSSR count). The van der Waals surface area contributed by atoms with Gasteiger partial charge in [-0.1, -0.05) is 73.5 Å². The average molecular weight is 320 g/mol. The van der Waals surface area contributed by atoms with Gasteiger partial charge < -0.3 is 0 Å². The first kappa shape index (κ1) is 16.3. The van der Waals surface area contributed by atoms with E-state index in [1.807, 2.05) is 24.3 Å². The Balaban J connectivity index is 2.20. The van der Waals surface area contributed by atoms with E-state index in [0.717, 1.165) is 22.4 Å². The minimum absolute atomic E-state index is 0.0446. The Bertz CT molecular complexity index is 881. The minimum Gasteiger partial charge on any atom is -0.294 e. The van der Waals surface area contributed by atoms with Crippen molar-refractivity contribution in [2.24, 2.45) is 5.92 Å². The lowest BCUT2D eigenvalue weighted by Crippen LogP contribution is -2.20. The van der Waals surface area contributed by atoms with Crippen LogP contribution in [0.1, 0.15) is 25.0 Å². The molecule has 0 aliphatic heterocycles. The zero-order valence-corrected chi connectivity index (χ0v) is 14.8. The highest BCUT2D eigenvalue weighted by molar-refractivity contribution is 5.80. The predicted molar refractivity (Wildman–Crippen MR) is 100 cm³/mol. The molecule has 0 aliphatic carbocycles. The van der Waals surface area contributed by atoms with Crippen LogP contribution in [0, 0.1) is 19.8 Å². The maximum absolute atomic E-state index is 13.0. The SMILES string of the molecule is Cc1ccc(-c2[nH]n(CC(C)C)c(=O)c2-c2ccc(C)cc2)cc1. The Morgan fingerprint density at radius 2 is 1.38 bits per heavy atom. The van der Waals surface area contributed by atoms with Gasteiger partial charge in [0.1, 0.15) is 0 Å². The number of aromatic amines is 1. The van der Waals surface area contributed by atoms with E-state index in [2.05, 4.69) is 57.1 Å². The number of nitrogens with zero attached hydrogens (tertiary/aromatic N) is 1. The van der Waals surface area contributed by atoms with Crippen LogP contribution in [0.25, 0.3) is 22.4 Å². The Morgan fingerprint density at radius 3 is 1.88 bits per heavy atom. The summed E-state index contributed by atoms with van der Waals surface area (Å²) in [5, 5.41) is 3.33. The second kappa shape index (κ2) is 6.52. The first-order valence-corrected chi connectivity index (χ1v) is 8.42. The standard InChI is InChI=1S/C21H24N2O/c1-14(2)13-23-21(24)19(17-9-5-15(3)6-10-17)20(22-23)18-11-7-16(4)8-12-18/h5-12,14,22H,13H2,1-4H3. The number of benzene rings is 2. The van der Waals surface area contributed by atoms with Crippen molar-refractivity contribution in [3.63, 3.8) is 0 Å². The average Bonchev–Trinajstić information content (AvgIpc) is 2.85. The van der Waals surface area contributed by atoms with Crippen LogP contribution in [0.3, 0.4) is 0 Å². The Kier molecular flexibility index (Phi) is 4.43. The summed E-state index contributed by atoms with van der Waals surface area (Å²) in [5.74, 6) is 0.401. The molecule has 3 aromatic rings. The summed E-state index contributed by atoms with van der Waals surface area (Å²) in [7, 11) is 0. The van der Waals surface area contributed by atoms with Crippen LogP contribution >= 0.6 is 0 Å². The molecule has 3 nitrogen and oxygen atoms in total. The van der Waals surface area contributed by atoms with Gasteiger partial charge in [0, 0.05) is 12.1 Å². The monoisotopic (exact) mass is 320 g/mol. The van der Waals surface area contributed by atoms with Gasteiger partial charge in [0.25, 0.3) is 5.56 Å². The summed E-state index contributed by atoms with van der Waals surface area (Å²) in [6.07, 6.45) is 0. The molecular formula is C21H24N2O. The summed E-state index contributed by atoms with van der Waals surface area (Å²) < 4.78 is 1.73. The number of hydrogen-bond donors (Lipinski definition) is 1. The number of aromatic nitrogens is 2. The molecule has 124 valence electrons. The molecule has 0 radical (unpaired) electrons. The minimum atomic E-state index is 0.0446. The Labute approximate surface area is 143 Å². The summed E-state index contributed by atoms with van der Waals surface area (Å²) >= 11 is 0. The number of H-pyrrole nitrogens is 1. The van der Waals surface area contributed by atoms with Gasteiger partial charge >= 0.3 is 0 Å². The molecule has 1 heterocycles. The molecule has 0 aliphatic rings. The lowest BCUT2D eigenvalue weighted by Gasteiger charge is -2.05. The van der Waals surface area contributed by atoms with Crippen LogP contribution in [0.4, 0.5) is 0 Å². The maximum Gasteiger partial charge on any atom is 0.275 e. The van der Waals surface area contributed by atoms with E-state index in [9.17, 15) is 4.79 Å². The van der Waals surface area contributed by atoms with Crippen molar-refractivity contribution >= 4 is 0 Å². The maximum atomic E-state index is 13.0. The fourth-order valence-corrected chi connectivity index (χ4v) is 2.89. The fourth-order valence-electron chi connectivity index (χ4n) is 2.89. The molecule has 0 unspecified atom stereocenters. The molecule has 0 fully saturated rings. The first-order valence-electron chi connectivity index (χ1n) is 8.42. The molecule has 1 N–H and O–H groups in total. The third-order valence-corrected chi connectivity index (χ3v) is 4.18. The molecule has 1 aromatic heterocycles. The lowest BCUT2D eigenvalue weighted by atomic mass is 10.00. The van der Waals surface area contributed by atoms with Gasteiger partial charge in [0.15, 0.2) is 0 Å². The van der Waals surface area contributed by atoms with Crippen molar-refractivity contribution in [2.45, 2.75) is 34.2 Å². The normalized spacial score (nSPS) is 11.2. The van der Waals surface area contributed by atoms with Gasteiger partial charge in [0.05, 0.1) is 11.3 Å². The number of nitrogens with one attached hydrogen (secondary N) is 1. The van der Waals surface area contributed by atoms with E-state index < -0.39 is 0 Å². The fraction of sp³-hybridized carbons (Fsp3) is 0.286. The van der Waals surface area contributed by atoms with Crippen LogP contribution in [0.2, 0.25) is 0 Å². The van der Waals surface area contributed by atoms with Gasteiger partial charge in [-0.2, -0.15) is 0 Å². The summed E-state index contributed by atoms with van der Waals surface area (Å²) in [5.41, 5.74) is 6.08. The van der Waals surface area contributed by atoms with Crippen molar-refractivity contribution in [3.05, 3.63) is 70.0 Å². The second-order valence-electron chi connectivity index (χ2n) is 6.90. The summed E-state index contributed by atoms with van der Waals surface area (Å²) in [4.78, 5) is 13.0. The van der Waals surface area contributed by atoms with Crippen LogP contribution in [-0.2, 0) is 6.54 Å². The highest BCUT2D eigenvalue weighted by atomic mass is 16.1. The van der Waals surface area contributed by atoms with Gasteiger partial charge in [-0.3, -0.25) is 14.6 Å². The predicted octanol–water partition coefficient (Wildman–Crippen LogP) is 4.78. The Hall–Kier alpha value is -2.55. The largest absolute Gasteiger partial charge is 0.294 e. The van der Waals surface area contributed by atoms with Gasteiger partial charge in [0.2, 0.25) is 0 Å². The topological polar surface area (TPSA) is 37.8 Å².